The van der Waals surface area contributed by atoms with Gasteiger partial charge in [-0.3, -0.25) is 9.78 Å². The Bertz CT molecular complexity index is 1470. The predicted octanol–water partition coefficient (Wildman–Crippen LogP) is 2.67. The lowest BCUT2D eigenvalue weighted by Crippen LogP contribution is -2.29. The van der Waals surface area contributed by atoms with E-state index in [1.807, 2.05) is 36.0 Å². The van der Waals surface area contributed by atoms with E-state index in [4.69, 9.17) is 5.73 Å². The van der Waals surface area contributed by atoms with Crippen LogP contribution < -0.4 is 11.1 Å². The van der Waals surface area contributed by atoms with Crippen molar-refractivity contribution in [2.75, 3.05) is 12.4 Å². The summed E-state index contributed by atoms with van der Waals surface area (Å²) in [6, 6.07) is 8.35. The van der Waals surface area contributed by atoms with E-state index in [1.54, 1.807) is 12.4 Å². The number of carbonyl (C=O) groups is 1. The molecule has 0 unspecified atom stereocenters. The van der Waals surface area contributed by atoms with Crippen LogP contribution in [-0.2, 0) is 10.2 Å². The number of aromatic nitrogens is 5. The third-order valence-corrected chi connectivity index (χ3v) is 6.43. The molecule has 0 saturated heterocycles. The van der Waals surface area contributed by atoms with E-state index in [-0.39, 0.29) is 5.91 Å². The molecule has 4 aromatic rings. The minimum absolute atomic E-state index is 0.325. The summed E-state index contributed by atoms with van der Waals surface area (Å²) in [4.78, 5) is 21.1. The first-order valence-corrected chi connectivity index (χ1v) is 10.7. The molecule has 158 valence electrons. The van der Waals surface area contributed by atoms with E-state index in [9.17, 15) is 4.79 Å². The number of nitrogens with one attached hydrogen (secondary N) is 1. The van der Waals surface area contributed by atoms with Gasteiger partial charge in [0.05, 0.1) is 28.2 Å². The van der Waals surface area contributed by atoms with Crippen LogP contribution in [-0.4, -0.2) is 37.9 Å². The van der Waals surface area contributed by atoms with Crippen LogP contribution in [0.2, 0.25) is 0 Å². The monoisotopic (exact) mass is 423 g/mol. The summed E-state index contributed by atoms with van der Waals surface area (Å²) in [5.41, 5.74) is 9.27. The molecule has 0 spiro atoms. The van der Waals surface area contributed by atoms with Crippen molar-refractivity contribution in [2.45, 2.75) is 37.1 Å². The number of nitrogens with zero attached hydrogens (tertiary/aromatic N) is 5. The lowest BCUT2D eigenvalue weighted by Gasteiger charge is -2.13. The number of amides is 1. The Hall–Kier alpha value is -3.99. The SMILES string of the molecule is CNc1ncc(C#Cc2ccc3nnn(C4CC4)c3c2)c2cc(C3(C(N)=O)CC3)ncc12. The molecule has 3 aromatic heterocycles. The zero-order chi connectivity index (χ0) is 21.9. The molecule has 1 aromatic carbocycles. The van der Waals surface area contributed by atoms with Crippen LogP contribution in [0, 0.1) is 11.8 Å². The maximum absolute atomic E-state index is 12.0. The van der Waals surface area contributed by atoms with E-state index in [0.29, 0.717) is 17.6 Å². The van der Waals surface area contributed by atoms with E-state index in [2.05, 4.69) is 37.4 Å². The highest BCUT2D eigenvalue weighted by molar-refractivity contribution is 5.97. The Kier molecular flexibility index (Phi) is 3.96. The van der Waals surface area contributed by atoms with Gasteiger partial charge in [-0.15, -0.1) is 5.10 Å². The molecule has 8 nitrogen and oxygen atoms in total. The summed E-state index contributed by atoms with van der Waals surface area (Å²) in [7, 11) is 1.82. The van der Waals surface area contributed by atoms with Gasteiger partial charge in [0.1, 0.15) is 11.3 Å². The first-order chi connectivity index (χ1) is 15.6. The Morgan fingerprint density at radius 1 is 1.16 bits per heavy atom. The summed E-state index contributed by atoms with van der Waals surface area (Å²) < 4.78 is 2.00. The third kappa shape index (κ3) is 2.89. The summed E-state index contributed by atoms with van der Waals surface area (Å²) in [5, 5.41) is 13.4. The molecular formula is C24H21N7O. The van der Waals surface area contributed by atoms with Gasteiger partial charge >= 0.3 is 0 Å². The second kappa shape index (κ2) is 6.76. The summed E-state index contributed by atoms with van der Waals surface area (Å²) in [6.07, 6.45) is 7.26. The van der Waals surface area contributed by atoms with Crippen molar-refractivity contribution in [1.82, 2.24) is 25.0 Å². The standard InChI is InChI=1S/C24H21N7O/c1-26-22-18-13-27-21(24(8-9-24)23(25)32)11-17(18)15(12-28-22)4-2-14-3-7-19-20(10-14)31(30-29-19)16-5-6-16/h3,7,10-13,16H,5-6,8-9H2,1H3,(H2,25,32)(H,26,28). The Balaban J connectivity index is 1.45. The topological polar surface area (TPSA) is 112 Å². The van der Waals surface area contributed by atoms with Crippen LogP contribution in [0.25, 0.3) is 21.8 Å². The fraction of sp³-hybridized carbons (Fsp3) is 0.292. The fourth-order valence-corrected chi connectivity index (χ4v) is 4.19. The molecule has 2 aliphatic rings. The van der Waals surface area contributed by atoms with Crippen LogP contribution in [0.3, 0.4) is 0 Å². The van der Waals surface area contributed by atoms with Crippen LogP contribution in [0.15, 0.2) is 36.7 Å². The van der Waals surface area contributed by atoms with E-state index in [0.717, 1.165) is 58.6 Å². The number of benzene rings is 1. The summed E-state index contributed by atoms with van der Waals surface area (Å²) >= 11 is 0. The van der Waals surface area contributed by atoms with E-state index >= 15 is 0 Å². The Morgan fingerprint density at radius 3 is 2.72 bits per heavy atom. The zero-order valence-corrected chi connectivity index (χ0v) is 17.6. The first-order valence-electron chi connectivity index (χ1n) is 10.7. The van der Waals surface area contributed by atoms with Crippen molar-refractivity contribution in [3.8, 4) is 11.8 Å². The normalized spacial score (nSPS) is 16.5. The van der Waals surface area contributed by atoms with Crippen molar-refractivity contribution in [1.29, 1.82) is 0 Å². The van der Waals surface area contributed by atoms with Gasteiger partial charge in [0.2, 0.25) is 5.91 Å². The highest BCUT2D eigenvalue weighted by atomic mass is 16.1. The number of pyridine rings is 2. The molecule has 0 atom stereocenters. The maximum atomic E-state index is 12.0. The van der Waals surface area contributed by atoms with Gasteiger partial charge < -0.3 is 11.1 Å². The second-order valence-corrected chi connectivity index (χ2v) is 8.55. The maximum Gasteiger partial charge on any atom is 0.229 e. The summed E-state index contributed by atoms with van der Waals surface area (Å²) in [5.74, 6) is 6.93. The molecule has 32 heavy (non-hydrogen) atoms. The highest BCUT2D eigenvalue weighted by Crippen LogP contribution is 2.47. The average Bonchev–Trinajstić information content (AvgIpc) is 3.74. The molecule has 2 saturated carbocycles. The lowest BCUT2D eigenvalue weighted by atomic mass is 9.98. The van der Waals surface area contributed by atoms with Crippen LogP contribution in [0.5, 0.6) is 0 Å². The third-order valence-electron chi connectivity index (χ3n) is 6.43. The number of hydrogen-bond acceptors (Lipinski definition) is 6. The van der Waals surface area contributed by atoms with Crippen LogP contribution >= 0.6 is 0 Å². The van der Waals surface area contributed by atoms with Crippen molar-refractivity contribution in [2.24, 2.45) is 5.73 Å². The smallest absolute Gasteiger partial charge is 0.229 e. The molecule has 1 amide bonds. The molecule has 2 aliphatic carbocycles. The molecule has 2 fully saturated rings. The van der Waals surface area contributed by atoms with Gasteiger partial charge in [-0.25, -0.2) is 9.67 Å². The largest absolute Gasteiger partial charge is 0.373 e. The number of carbonyl (C=O) groups excluding carboxylic acids is 1. The molecule has 3 N–H and O–H groups in total. The van der Waals surface area contributed by atoms with Crippen molar-refractivity contribution < 1.29 is 4.79 Å². The van der Waals surface area contributed by atoms with Gasteiger partial charge in [0.25, 0.3) is 0 Å². The average molecular weight is 423 g/mol. The zero-order valence-electron chi connectivity index (χ0n) is 17.6. The van der Waals surface area contributed by atoms with E-state index in [1.165, 1.54) is 0 Å². The molecule has 0 radical (unpaired) electrons. The lowest BCUT2D eigenvalue weighted by molar-refractivity contribution is -0.120. The number of anilines is 1. The fourth-order valence-electron chi connectivity index (χ4n) is 4.19. The minimum Gasteiger partial charge on any atom is -0.373 e. The van der Waals surface area contributed by atoms with Gasteiger partial charge in [-0.05, 0) is 49.9 Å². The molecule has 0 aliphatic heterocycles. The number of nitrogens with two attached hydrogens (primary N) is 1. The Labute approximate surface area is 184 Å². The molecule has 8 heteroatoms. The van der Waals surface area contributed by atoms with E-state index < -0.39 is 5.41 Å². The van der Waals surface area contributed by atoms with Gasteiger partial charge in [-0.2, -0.15) is 0 Å². The molecule has 0 bridgehead atoms. The number of fused-ring (bicyclic) bond motifs is 2. The predicted molar refractivity (Wildman–Crippen MR) is 121 cm³/mol. The van der Waals surface area contributed by atoms with Gasteiger partial charge in [0, 0.05) is 35.8 Å². The molecule has 3 heterocycles. The minimum atomic E-state index is -0.652. The first kappa shape index (κ1) is 18.8. The second-order valence-electron chi connectivity index (χ2n) is 8.55. The number of primary amides is 1. The van der Waals surface area contributed by atoms with Gasteiger partial charge in [0.15, 0.2) is 0 Å². The van der Waals surface area contributed by atoms with Crippen molar-refractivity contribution >= 4 is 33.5 Å². The highest BCUT2D eigenvalue weighted by Gasteiger charge is 2.51. The number of hydrogen-bond donors (Lipinski definition) is 2. The van der Waals surface area contributed by atoms with Gasteiger partial charge in [-0.1, -0.05) is 17.1 Å². The molecule has 6 rings (SSSR count). The summed E-state index contributed by atoms with van der Waals surface area (Å²) in [6.45, 7) is 0. The van der Waals surface area contributed by atoms with Crippen LogP contribution in [0.1, 0.15) is 48.5 Å². The number of rotatable bonds is 4. The Morgan fingerprint density at radius 2 is 2.00 bits per heavy atom. The van der Waals surface area contributed by atoms with Crippen molar-refractivity contribution in [3.05, 3.63) is 53.5 Å². The van der Waals surface area contributed by atoms with Crippen LogP contribution in [0.4, 0.5) is 5.82 Å². The van der Waals surface area contributed by atoms with Crippen molar-refractivity contribution in [3.63, 3.8) is 0 Å². The quantitative estimate of drug-likeness (QED) is 0.488. The molecular weight excluding hydrogens is 402 g/mol.